The number of hydrogen-bond donors (Lipinski definition) is 2. The van der Waals surface area contributed by atoms with E-state index in [1.54, 1.807) is 18.2 Å². The number of hydrogen-bond acceptors (Lipinski definition) is 3. The summed E-state index contributed by atoms with van der Waals surface area (Å²) in [5.41, 5.74) is 7.38. The Labute approximate surface area is 128 Å². The molecular formula is C16H17ClN2O2. The van der Waals surface area contributed by atoms with Crippen LogP contribution in [0.3, 0.4) is 0 Å². The highest BCUT2D eigenvalue weighted by Crippen LogP contribution is 2.27. The zero-order valence-electron chi connectivity index (χ0n) is 11.7. The summed E-state index contributed by atoms with van der Waals surface area (Å²) < 4.78 is 5.54. The van der Waals surface area contributed by atoms with E-state index >= 15 is 0 Å². The average molecular weight is 305 g/mol. The molecule has 0 saturated heterocycles. The first kappa shape index (κ1) is 15.4. The molecule has 0 radical (unpaired) electrons. The number of para-hydroxylation sites is 1. The van der Waals surface area contributed by atoms with E-state index < -0.39 is 0 Å². The number of carbonyl (C=O) groups excluding carboxylic acids is 1. The van der Waals surface area contributed by atoms with Gasteiger partial charge in [-0.2, -0.15) is 0 Å². The van der Waals surface area contributed by atoms with Gasteiger partial charge in [-0.1, -0.05) is 29.8 Å². The molecule has 0 fully saturated rings. The topological polar surface area (TPSA) is 64.3 Å². The molecule has 0 saturated carbocycles. The molecule has 3 N–H and O–H groups in total. The fraction of sp³-hybridized carbons (Fsp3) is 0.188. The molecule has 1 amide bonds. The van der Waals surface area contributed by atoms with Crippen molar-refractivity contribution in [3.8, 4) is 5.75 Å². The van der Waals surface area contributed by atoms with Crippen LogP contribution in [-0.4, -0.2) is 12.5 Å². The predicted octanol–water partition coefficient (Wildman–Crippen LogP) is 3.38. The van der Waals surface area contributed by atoms with Crippen molar-refractivity contribution in [2.75, 3.05) is 11.9 Å². The Bertz CT molecular complexity index is 615. The van der Waals surface area contributed by atoms with Crippen molar-refractivity contribution < 1.29 is 9.53 Å². The van der Waals surface area contributed by atoms with Crippen LogP contribution in [0.5, 0.6) is 5.75 Å². The van der Waals surface area contributed by atoms with Gasteiger partial charge in [-0.15, -0.1) is 0 Å². The van der Waals surface area contributed by atoms with Crippen LogP contribution in [0.25, 0.3) is 0 Å². The molecule has 0 heterocycles. The monoisotopic (exact) mass is 304 g/mol. The third-order valence-corrected chi connectivity index (χ3v) is 3.11. The van der Waals surface area contributed by atoms with E-state index in [-0.39, 0.29) is 18.6 Å². The molecule has 1 atom stereocenters. The van der Waals surface area contributed by atoms with Crippen LogP contribution in [-0.2, 0) is 4.79 Å². The van der Waals surface area contributed by atoms with E-state index in [0.717, 1.165) is 11.3 Å². The van der Waals surface area contributed by atoms with Crippen molar-refractivity contribution in [3.05, 3.63) is 59.1 Å². The highest BCUT2D eigenvalue weighted by atomic mass is 35.5. The summed E-state index contributed by atoms with van der Waals surface area (Å²) in [6.07, 6.45) is 0. The third kappa shape index (κ3) is 4.48. The van der Waals surface area contributed by atoms with Crippen molar-refractivity contribution >= 4 is 23.2 Å². The highest BCUT2D eigenvalue weighted by Gasteiger charge is 2.11. The summed E-state index contributed by atoms with van der Waals surface area (Å²) >= 11 is 5.94. The number of nitrogens with one attached hydrogen (secondary N) is 1. The molecule has 0 aliphatic rings. The molecule has 110 valence electrons. The number of nitrogens with two attached hydrogens (primary N) is 1. The quantitative estimate of drug-likeness (QED) is 0.890. The van der Waals surface area contributed by atoms with E-state index in [4.69, 9.17) is 22.1 Å². The summed E-state index contributed by atoms with van der Waals surface area (Å²) in [7, 11) is 0. The fourth-order valence-electron chi connectivity index (χ4n) is 1.87. The average Bonchev–Trinajstić information content (AvgIpc) is 2.47. The first-order chi connectivity index (χ1) is 10.1. The van der Waals surface area contributed by atoms with Crippen molar-refractivity contribution in [3.63, 3.8) is 0 Å². The van der Waals surface area contributed by atoms with Crippen LogP contribution in [0.1, 0.15) is 18.5 Å². The Hall–Kier alpha value is -2.04. The Morgan fingerprint density at radius 3 is 2.67 bits per heavy atom. The van der Waals surface area contributed by atoms with Crippen molar-refractivity contribution in [1.82, 2.24) is 0 Å². The van der Waals surface area contributed by atoms with Gasteiger partial charge in [-0.05, 0) is 37.3 Å². The van der Waals surface area contributed by atoms with Crippen LogP contribution in [0, 0.1) is 0 Å². The molecule has 0 spiro atoms. The van der Waals surface area contributed by atoms with Gasteiger partial charge in [-0.25, -0.2) is 0 Å². The molecule has 0 aliphatic carbocycles. The van der Waals surface area contributed by atoms with E-state index in [0.29, 0.717) is 10.8 Å². The third-order valence-electron chi connectivity index (χ3n) is 2.88. The van der Waals surface area contributed by atoms with Gasteiger partial charge >= 0.3 is 0 Å². The molecule has 21 heavy (non-hydrogen) atoms. The van der Waals surface area contributed by atoms with Gasteiger partial charge in [0.2, 0.25) is 0 Å². The van der Waals surface area contributed by atoms with Gasteiger partial charge in [0.05, 0.1) is 0 Å². The van der Waals surface area contributed by atoms with E-state index in [1.165, 1.54) is 0 Å². The standard InChI is InChI=1S/C16H17ClN2O2/c1-11(18)14-9-12(17)7-8-15(14)21-10-16(20)19-13-5-3-2-4-6-13/h2-9,11H,10,18H2,1H3,(H,19,20)/t11-/m1/s1. The zero-order chi connectivity index (χ0) is 15.2. The zero-order valence-corrected chi connectivity index (χ0v) is 12.4. The van der Waals surface area contributed by atoms with Crippen LogP contribution in [0.4, 0.5) is 5.69 Å². The lowest BCUT2D eigenvalue weighted by Gasteiger charge is -2.14. The molecule has 2 aromatic rings. The molecule has 0 aliphatic heterocycles. The largest absolute Gasteiger partial charge is 0.483 e. The second-order valence-electron chi connectivity index (χ2n) is 4.67. The van der Waals surface area contributed by atoms with Crippen LogP contribution >= 0.6 is 11.6 Å². The van der Waals surface area contributed by atoms with Crippen molar-refractivity contribution in [2.45, 2.75) is 13.0 Å². The lowest BCUT2D eigenvalue weighted by atomic mass is 10.1. The molecule has 0 aromatic heterocycles. The molecule has 2 aromatic carbocycles. The Kier molecular flexibility index (Phi) is 5.20. The number of carbonyl (C=O) groups is 1. The number of rotatable bonds is 5. The number of halogens is 1. The lowest BCUT2D eigenvalue weighted by Crippen LogP contribution is -2.21. The van der Waals surface area contributed by atoms with E-state index in [2.05, 4.69) is 5.32 Å². The summed E-state index contributed by atoms with van der Waals surface area (Å²) in [4.78, 5) is 11.8. The van der Waals surface area contributed by atoms with E-state index in [9.17, 15) is 4.79 Å². The molecule has 0 bridgehead atoms. The SMILES string of the molecule is C[C@@H](N)c1cc(Cl)ccc1OCC(=O)Nc1ccccc1. The highest BCUT2D eigenvalue weighted by molar-refractivity contribution is 6.30. The fourth-order valence-corrected chi connectivity index (χ4v) is 2.05. The minimum Gasteiger partial charge on any atom is -0.483 e. The molecule has 4 nitrogen and oxygen atoms in total. The summed E-state index contributed by atoms with van der Waals surface area (Å²) in [5, 5.41) is 3.34. The van der Waals surface area contributed by atoms with Gasteiger partial charge in [-0.3, -0.25) is 4.79 Å². The predicted molar refractivity (Wildman–Crippen MR) is 84.6 cm³/mol. The Morgan fingerprint density at radius 2 is 2.00 bits per heavy atom. The Morgan fingerprint density at radius 1 is 1.29 bits per heavy atom. The second-order valence-corrected chi connectivity index (χ2v) is 5.11. The lowest BCUT2D eigenvalue weighted by molar-refractivity contribution is -0.118. The van der Waals surface area contributed by atoms with Crippen LogP contribution < -0.4 is 15.8 Å². The van der Waals surface area contributed by atoms with Gasteiger partial charge in [0.15, 0.2) is 6.61 Å². The smallest absolute Gasteiger partial charge is 0.262 e. The van der Waals surface area contributed by atoms with Crippen molar-refractivity contribution in [1.29, 1.82) is 0 Å². The van der Waals surface area contributed by atoms with Gasteiger partial charge < -0.3 is 15.8 Å². The van der Waals surface area contributed by atoms with Gasteiger partial charge in [0.1, 0.15) is 5.75 Å². The van der Waals surface area contributed by atoms with Crippen molar-refractivity contribution in [2.24, 2.45) is 5.73 Å². The van der Waals surface area contributed by atoms with Gasteiger partial charge in [0, 0.05) is 22.3 Å². The number of ether oxygens (including phenoxy) is 1. The minimum atomic E-state index is -0.230. The number of benzene rings is 2. The normalized spacial score (nSPS) is 11.8. The van der Waals surface area contributed by atoms with E-state index in [1.807, 2.05) is 37.3 Å². The van der Waals surface area contributed by atoms with Crippen LogP contribution in [0.2, 0.25) is 5.02 Å². The molecule has 0 unspecified atom stereocenters. The maximum Gasteiger partial charge on any atom is 0.262 e. The molecular weight excluding hydrogens is 288 g/mol. The summed E-state index contributed by atoms with van der Waals surface area (Å²) in [6, 6.07) is 14.2. The minimum absolute atomic E-state index is 0.0871. The molecule has 5 heteroatoms. The molecule has 2 rings (SSSR count). The summed E-state index contributed by atoms with van der Waals surface area (Å²) in [6.45, 7) is 1.75. The summed E-state index contributed by atoms with van der Waals surface area (Å²) in [5.74, 6) is 0.337. The van der Waals surface area contributed by atoms with Crippen LogP contribution in [0.15, 0.2) is 48.5 Å². The second kappa shape index (κ2) is 7.11. The first-order valence-electron chi connectivity index (χ1n) is 6.59. The first-order valence-corrected chi connectivity index (χ1v) is 6.97. The number of amides is 1. The Balaban J connectivity index is 1.98. The maximum absolute atomic E-state index is 11.8. The number of anilines is 1. The maximum atomic E-state index is 11.8. The van der Waals surface area contributed by atoms with Gasteiger partial charge in [0.25, 0.3) is 5.91 Å².